The van der Waals surface area contributed by atoms with Gasteiger partial charge in [-0.25, -0.2) is 4.98 Å². The van der Waals surface area contributed by atoms with Crippen LogP contribution in [0.1, 0.15) is 0 Å². The van der Waals surface area contributed by atoms with Gasteiger partial charge in [0.15, 0.2) is 0 Å². The number of anilines is 3. The molecule has 6 heteroatoms. The van der Waals surface area contributed by atoms with Gasteiger partial charge in [-0.05, 0) is 40.2 Å². The SMILES string of the molecule is COc1cc(Nc2nc(N)nc3ccccc23)ccc1Br. The van der Waals surface area contributed by atoms with Crippen molar-refractivity contribution >= 4 is 44.3 Å². The van der Waals surface area contributed by atoms with Gasteiger partial charge in [-0.2, -0.15) is 4.98 Å². The van der Waals surface area contributed by atoms with E-state index in [0.717, 1.165) is 26.8 Å². The largest absolute Gasteiger partial charge is 0.495 e. The van der Waals surface area contributed by atoms with Crippen molar-refractivity contribution in [2.45, 2.75) is 0 Å². The molecular formula is C15H13BrN4O. The fourth-order valence-corrected chi connectivity index (χ4v) is 2.47. The molecule has 1 aromatic heterocycles. The number of aromatic nitrogens is 2. The molecule has 0 aliphatic rings. The average molecular weight is 345 g/mol. The van der Waals surface area contributed by atoms with Crippen molar-refractivity contribution in [2.24, 2.45) is 0 Å². The van der Waals surface area contributed by atoms with E-state index in [0.29, 0.717) is 5.82 Å². The fraction of sp³-hybridized carbons (Fsp3) is 0.0667. The molecule has 0 saturated carbocycles. The second kappa shape index (κ2) is 5.57. The van der Waals surface area contributed by atoms with Gasteiger partial charge in [0, 0.05) is 17.1 Å². The van der Waals surface area contributed by atoms with Crippen molar-refractivity contribution < 1.29 is 4.74 Å². The van der Waals surface area contributed by atoms with E-state index in [4.69, 9.17) is 10.5 Å². The Morgan fingerprint density at radius 3 is 2.76 bits per heavy atom. The molecule has 0 saturated heterocycles. The topological polar surface area (TPSA) is 73.1 Å². The maximum Gasteiger partial charge on any atom is 0.222 e. The van der Waals surface area contributed by atoms with Crippen LogP contribution in [0.15, 0.2) is 46.9 Å². The third kappa shape index (κ3) is 2.75. The van der Waals surface area contributed by atoms with Gasteiger partial charge in [-0.15, -0.1) is 0 Å². The van der Waals surface area contributed by atoms with E-state index in [-0.39, 0.29) is 5.95 Å². The van der Waals surface area contributed by atoms with Gasteiger partial charge in [-0.1, -0.05) is 12.1 Å². The summed E-state index contributed by atoms with van der Waals surface area (Å²) in [6.07, 6.45) is 0. The van der Waals surface area contributed by atoms with Crippen molar-refractivity contribution in [1.82, 2.24) is 9.97 Å². The van der Waals surface area contributed by atoms with Gasteiger partial charge in [0.05, 0.1) is 17.1 Å². The number of hydrogen-bond donors (Lipinski definition) is 2. The summed E-state index contributed by atoms with van der Waals surface area (Å²) in [5.74, 6) is 1.65. The van der Waals surface area contributed by atoms with Gasteiger partial charge in [-0.3, -0.25) is 0 Å². The second-order valence-corrected chi connectivity index (χ2v) is 5.28. The van der Waals surface area contributed by atoms with Crippen molar-refractivity contribution in [2.75, 3.05) is 18.2 Å². The van der Waals surface area contributed by atoms with Crippen LogP contribution in [-0.4, -0.2) is 17.1 Å². The quantitative estimate of drug-likeness (QED) is 0.757. The van der Waals surface area contributed by atoms with Crippen LogP contribution in [0.5, 0.6) is 5.75 Å². The molecule has 3 N–H and O–H groups in total. The molecular weight excluding hydrogens is 332 g/mol. The third-order valence-electron chi connectivity index (χ3n) is 3.03. The van der Waals surface area contributed by atoms with Crippen LogP contribution < -0.4 is 15.8 Å². The Morgan fingerprint density at radius 1 is 1.14 bits per heavy atom. The molecule has 1 heterocycles. The molecule has 0 amide bonds. The van der Waals surface area contributed by atoms with Crippen molar-refractivity contribution in [3.63, 3.8) is 0 Å². The number of nitrogens with zero attached hydrogens (tertiary/aromatic N) is 2. The number of nitrogen functional groups attached to an aromatic ring is 1. The lowest BCUT2D eigenvalue weighted by Crippen LogP contribution is -2.01. The van der Waals surface area contributed by atoms with Crippen LogP contribution >= 0.6 is 15.9 Å². The number of methoxy groups -OCH3 is 1. The number of rotatable bonds is 3. The number of nitrogens with one attached hydrogen (secondary N) is 1. The summed E-state index contributed by atoms with van der Waals surface area (Å²) < 4.78 is 6.18. The van der Waals surface area contributed by atoms with E-state index in [1.807, 2.05) is 42.5 Å². The van der Waals surface area contributed by atoms with Gasteiger partial charge >= 0.3 is 0 Å². The van der Waals surface area contributed by atoms with Gasteiger partial charge < -0.3 is 15.8 Å². The molecule has 0 spiro atoms. The van der Waals surface area contributed by atoms with Crippen LogP contribution in [0.2, 0.25) is 0 Å². The molecule has 0 bridgehead atoms. The molecule has 0 unspecified atom stereocenters. The first kappa shape index (κ1) is 13.6. The number of hydrogen-bond acceptors (Lipinski definition) is 5. The first-order chi connectivity index (χ1) is 10.2. The second-order valence-electron chi connectivity index (χ2n) is 4.42. The highest BCUT2D eigenvalue weighted by Gasteiger charge is 2.07. The third-order valence-corrected chi connectivity index (χ3v) is 3.69. The highest BCUT2D eigenvalue weighted by atomic mass is 79.9. The average Bonchev–Trinajstić information content (AvgIpc) is 2.49. The zero-order valence-corrected chi connectivity index (χ0v) is 12.9. The highest BCUT2D eigenvalue weighted by molar-refractivity contribution is 9.10. The van der Waals surface area contributed by atoms with E-state index in [1.54, 1.807) is 7.11 Å². The summed E-state index contributed by atoms with van der Waals surface area (Å²) in [6, 6.07) is 13.4. The molecule has 0 aliphatic heterocycles. The standard InChI is InChI=1S/C15H13BrN4O/c1-21-13-8-9(6-7-11(13)16)18-14-10-4-2-3-5-12(10)19-15(17)20-14/h2-8H,1H3,(H3,17,18,19,20). The van der Waals surface area contributed by atoms with Gasteiger partial charge in [0.1, 0.15) is 11.6 Å². The molecule has 0 atom stereocenters. The maximum absolute atomic E-state index is 5.76. The Morgan fingerprint density at radius 2 is 1.95 bits per heavy atom. The minimum Gasteiger partial charge on any atom is -0.495 e. The minimum absolute atomic E-state index is 0.236. The number of fused-ring (bicyclic) bond motifs is 1. The maximum atomic E-state index is 5.76. The smallest absolute Gasteiger partial charge is 0.222 e. The molecule has 5 nitrogen and oxygen atoms in total. The fourth-order valence-electron chi connectivity index (χ4n) is 2.06. The lowest BCUT2D eigenvalue weighted by atomic mass is 10.2. The number of ether oxygens (including phenoxy) is 1. The van der Waals surface area contributed by atoms with Crippen LogP contribution in [0, 0.1) is 0 Å². The zero-order valence-electron chi connectivity index (χ0n) is 11.3. The first-order valence-corrected chi connectivity index (χ1v) is 7.09. The normalized spacial score (nSPS) is 10.6. The summed E-state index contributed by atoms with van der Waals surface area (Å²) in [7, 11) is 1.63. The Labute approximate surface area is 130 Å². The number of benzene rings is 2. The van der Waals surface area contributed by atoms with Crippen molar-refractivity contribution in [1.29, 1.82) is 0 Å². The van der Waals surface area contributed by atoms with Crippen LogP contribution in [0.25, 0.3) is 10.9 Å². The van der Waals surface area contributed by atoms with Gasteiger partial charge in [0.2, 0.25) is 5.95 Å². The predicted molar refractivity (Wildman–Crippen MR) is 87.9 cm³/mol. The summed E-state index contributed by atoms with van der Waals surface area (Å²) >= 11 is 3.43. The zero-order chi connectivity index (χ0) is 14.8. The van der Waals surface area contributed by atoms with Crippen LogP contribution in [-0.2, 0) is 0 Å². The number of nitrogens with two attached hydrogens (primary N) is 1. The first-order valence-electron chi connectivity index (χ1n) is 6.30. The van der Waals surface area contributed by atoms with Crippen LogP contribution in [0.3, 0.4) is 0 Å². The Hall–Kier alpha value is -2.34. The van der Waals surface area contributed by atoms with E-state index >= 15 is 0 Å². The lowest BCUT2D eigenvalue weighted by Gasteiger charge is -2.11. The summed E-state index contributed by atoms with van der Waals surface area (Å²) in [5, 5.41) is 4.17. The van der Waals surface area contributed by atoms with E-state index < -0.39 is 0 Å². The van der Waals surface area contributed by atoms with Crippen molar-refractivity contribution in [3.05, 3.63) is 46.9 Å². The molecule has 0 aliphatic carbocycles. The van der Waals surface area contributed by atoms with Gasteiger partial charge in [0.25, 0.3) is 0 Å². The summed E-state index contributed by atoms with van der Waals surface area (Å²) in [4.78, 5) is 8.50. The van der Waals surface area contributed by atoms with E-state index in [1.165, 1.54) is 0 Å². The molecule has 21 heavy (non-hydrogen) atoms. The monoisotopic (exact) mass is 344 g/mol. The highest BCUT2D eigenvalue weighted by Crippen LogP contribution is 2.30. The van der Waals surface area contributed by atoms with Crippen molar-refractivity contribution in [3.8, 4) is 5.75 Å². The van der Waals surface area contributed by atoms with Crippen LogP contribution in [0.4, 0.5) is 17.5 Å². The summed E-state index contributed by atoms with van der Waals surface area (Å²) in [5.41, 5.74) is 7.43. The molecule has 0 fully saturated rings. The Kier molecular flexibility index (Phi) is 3.62. The molecule has 106 valence electrons. The number of para-hydroxylation sites is 1. The lowest BCUT2D eigenvalue weighted by molar-refractivity contribution is 0.412. The predicted octanol–water partition coefficient (Wildman–Crippen LogP) is 3.73. The Bertz CT molecular complexity index is 807. The molecule has 3 rings (SSSR count). The summed E-state index contributed by atoms with van der Waals surface area (Å²) in [6.45, 7) is 0. The molecule has 2 aromatic carbocycles. The van der Waals surface area contributed by atoms with E-state index in [2.05, 4.69) is 31.2 Å². The molecule has 0 radical (unpaired) electrons. The number of halogens is 1. The minimum atomic E-state index is 0.236. The Balaban J connectivity index is 2.05. The molecule has 3 aromatic rings. The van der Waals surface area contributed by atoms with E-state index in [9.17, 15) is 0 Å².